The third-order valence-electron chi connectivity index (χ3n) is 3.46. The van der Waals surface area contributed by atoms with Crippen LogP contribution in [0.15, 0.2) is 48.5 Å². The number of Topliss-reactive ketones (excluding diaryl/α,β-unsaturated/α-hetero) is 1. The highest BCUT2D eigenvalue weighted by Crippen LogP contribution is 2.18. The van der Waals surface area contributed by atoms with E-state index in [9.17, 15) is 13.6 Å². The zero-order valence-corrected chi connectivity index (χ0v) is 11.2. The SMILES string of the molecule is O=C(CCc1ccccc1F)c1cc2cc(F)ccc2[nH]1. The van der Waals surface area contributed by atoms with E-state index in [1.807, 2.05) is 0 Å². The van der Waals surface area contributed by atoms with Crippen molar-refractivity contribution in [2.24, 2.45) is 0 Å². The maximum absolute atomic E-state index is 13.5. The van der Waals surface area contributed by atoms with E-state index in [2.05, 4.69) is 4.98 Å². The molecule has 0 fully saturated rings. The van der Waals surface area contributed by atoms with Gasteiger partial charge in [-0.1, -0.05) is 18.2 Å². The summed E-state index contributed by atoms with van der Waals surface area (Å²) in [6.07, 6.45) is 0.547. The molecule has 0 atom stereocenters. The maximum Gasteiger partial charge on any atom is 0.179 e. The molecule has 0 spiro atoms. The van der Waals surface area contributed by atoms with Crippen LogP contribution in [0.4, 0.5) is 8.78 Å². The summed E-state index contributed by atoms with van der Waals surface area (Å²) in [5.74, 6) is -0.759. The minimum atomic E-state index is -0.341. The summed E-state index contributed by atoms with van der Waals surface area (Å²) >= 11 is 0. The first kappa shape index (κ1) is 13.5. The number of aromatic amines is 1. The normalized spacial score (nSPS) is 11.0. The zero-order valence-electron chi connectivity index (χ0n) is 11.2. The molecular weight excluding hydrogens is 272 g/mol. The van der Waals surface area contributed by atoms with Crippen molar-refractivity contribution < 1.29 is 13.6 Å². The van der Waals surface area contributed by atoms with Gasteiger partial charge in [-0.05, 0) is 42.3 Å². The Labute approximate surface area is 120 Å². The molecule has 3 rings (SSSR count). The molecule has 3 aromatic rings. The molecule has 21 heavy (non-hydrogen) atoms. The molecule has 2 aromatic carbocycles. The molecular formula is C17H13F2NO. The van der Waals surface area contributed by atoms with Gasteiger partial charge in [0.05, 0.1) is 5.69 Å². The average molecular weight is 285 g/mol. The molecule has 0 aliphatic rings. The highest BCUT2D eigenvalue weighted by Gasteiger charge is 2.11. The Balaban J connectivity index is 1.76. The van der Waals surface area contributed by atoms with Crippen molar-refractivity contribution in [3.05, 3.63) is 71.4 Å². The fraction of sp³-hybridized carbons (Fsp3) is 0.118. The van der Waals surface area contributed by atoms with E-state index in [0.29, 0.717) is 28.6 Å². The average Bonchev–Trinajstić information content (AvgIpc) is 2.89. The Morgan fingerprint density at radius 3 is 2.67 bits per heavy atom. The van der Waals surface area contributed by atoms with Gasteiger partial charge < -0.3 is 4.98 Å². The first-order valence-corrected chi connectivity index (χ1v) is 6.68. The van der Waals surface area contributed by atoms with Crippen LogP contribution in [0.2, 0.25) is 0 Å². The third kappa shape index (κ3) is 2.84. The number of aromatic nitrogens is 1. The predicted octanol–water partition coefficient (Wildman–Crippen LogP) is 4.26. The van der Waals surface area contributed by atoms with E-state index < -0.39 is 0 Å². The number of H-pyrrole nitrogens is 1. The van der Waals surface area contributed by atoms with Gasteiger partial charge in [-0.15, -0.1) is 0 Å². The molecule has 2 nitrogen and oxygen atoms in total. The van der Waals surface area contributed by atoms with Crippen LogP contribution in [0.5, 0.6) is 0 Å². The lowest BCUT2D eigenvalue weighted by Gasteiger charge is -2.01. The Bertz CT molecular complexity index is 807. The minimum Gasteiger partial charge on any atom is -0.352 e. The van der Waals surface area contributed by atoms with Crippen molar-refractivity contribution in [2.75, 3.05) is 0 Å². The van der Waals surface area contributed by atoms with Gasteiger partial charge in [0.15, 0.2) is 5.78 Å². The number of aryl methyl sites for hydroxylation is 1. The molecule has 0 amide bonds. The summed E-state index contributed by atoms with van der Waals surface area (Å²) in [5, 5.41) is 0.657. The smallest absolute Gasteiger partial charge is 0.179 e. The summed E-state index contributed by atoms with van der Waals surface area (Å²) in [6, 6.07) is 12.3. The van der Waals surface area contributed by atoms with Crippen molar-refractivity contribution in [3.8, 4) is 0 Å². The van der Waals surface area contributed by atoms with Crippen molar-refractivity contribution in [2.45, 2.75) is 12.8 Å². The van der Waals surface area contributed by atoms with E-state index in [-0.39, 0.29) is 23.8 Å². The molecule has 1 heterocycles. The van der Waals surface area contributed by atoms with Crippen LogP contribution < -0.4 is 0 Å². The molecule has 1 N–H and O–H groups in total. The first-order valence-electron chi connectivity index (χ1n) is 6.68. The number of benzene rings is 2. The number of hydrogen-bond donors (Lipinski definition) is 1. The van der Waals surface area contributed by atoms with Gasteiger partial charge in [0.25, 0.3) is 0 Å². The lowest BCUT2D eigenvalue weighted by Crippen LogP contribution is -2.02. The lowest BCUT2D eigenvalue weighted by atomic mass is 10.1. The fourth-order valence-corrected chi connectivity index (χ4v) is 2.34. The van der Waals surface area contributed by atoms with Crippen LogP contribution >= 0.6 is 0 Å². The minimum absolute atomic E-state index is 0.116. The lowest BCUT2D eigenvalue weighted by molar-refractivity contribution is 0.0978. The number of nitrogens with one attached hydrogen (secondary N) is 1. The molecule has 0 bridgehead atoms. The largest absolute Gasteiger partial charge is 0.352 e. The van der Waals surface area contributed by atoms with Crippen LogP contribution in [0.25, 0.3) is 10.9 Å². The second-order valence-electron chi connectivity index (χ2n) is 4.93. The summed E-state index contributed by atoms with van der Waals surface area (Å²) in [5.41, 5.74) is 1.66. The van der Waals surface area contributed by atoms with Crippen molar-refractivity contribution in [3.63, 3.8) is 0 Å². The summed E-state index contributed by atoms with van der Waals surface area (Å²) < 4.78 is 26.6. The molecule has 0 saturated heterocycles. The number of carbonyl (C=O) groups excluding carboxylic acids is 1. The number of carbonyl (C=O) groups is 1. The van der Waals surface area contributed by atoms with Crippen molar-refractivity contribution >= 4 is 16.7 Å². The van der Waals surface area contributed by atoms with Gasteiger partial charge in [0.1, 0.15) is 11.6 Å². The number of fused-ring (bicyclic) bond motifs is 1. The third-order valence-corrected chi connectivity index (χ3v) is 3.46. The van der Waals surface area contributed by atoms with Crippen LogP contribution in [0.1, 0.15) is 22.5 Å². The predicted molar refractivity (Wildman–Crippen MR) is 77.3 cm³/mol. The highest BCUT2D eigenvalue weighted by atomic mass is 19.1. The number of halogens is 2. The van der Waals surface area contributed by atoms with Crippen molar-refractivity contribution in [1.29, 1.82) is 0 Å². The van der Waals surface area contributed by atoms with Crippen LogP contribution in [0, 0.1) is 11.6 Å². The molecule has 4 heteroatoms. The topological polar surface area (TPSA) is 32.9 Å². The first-order chi connectivity index (χ1) is 10.1. The summed E-state index contributed by atoms with van der Waals surface area (Å²) in [7, 11) is 0. The maximum atomic E-state index is 13.5. The van der Waals surface area contributed by atoms with E-state index >= 15 is 0 Å². The molecule has 0 unspecified atom stereocenters. The molecule has 1 aromatic heterocycles. The fourth-order valence-electron chi connectivity index (χ4n) is 2.34. The molecule has 0 aliphatic heterocycles. The van der Waals surface area contributed by atoms with Gasteiger partial charge in [0.2, 0.25) is 0 Å². The van der Waals surface area contributed by atoms with E-state index in [4.69, 9.17) is 0 Å². The molecule has 0 saturated carbocycles. The quantitative estimate of drug-likeness (QED) is 0.714. The standard InChI is InChI=1S/C17H13F2NO/c18-13-6-7-15-12(9-13)10-16(20-15)17(21)8-5-11-3-1-2-4-14(11)19/h1-4,6-7,9-10,20H,5,8H2. The molecule has 0 radical (unpaired) electrons. The number of rotatable bonds is 4. The van der Waals surface area contributed by atoms with Crippen LogP contribution in [-0.2, 0) is 6.42 Å². The summed E-state index contributed by atoms with van der Waals surface area (Å²) in [4.78, 5) is 15.1. The van der Waals surface area contributed by atoms with Gasteiger partial charge in [-0.3, -0.25) is 4.79 Å². The Morgan fingerprint density at radius 1 is 1.05 bits per heavy atom. The highest BCUT2D eigenvalue weighted by molar-refractivity contribution is 5.99. The Hall–Kier alpha value is -2.49. The van der Waals surface area contributed by atoms with E-state index in [1.54, 1.807) is 30.3 Å². The second-order valence-corrected chi connectivity index (χ2v) is 4.93. The number of hydrogen-bond acceptors (Lipinski definition) is 1. The van der Waals surface area contributed by atoms with Gasteiger partial charge in [-0.2, -0.15) is 0 Å². The zero-order chi connectivity index (χ0) is 14.8. The summed E-state index contributed by atoms with van der Waals surface area (Å²) in [6.45, 7) is 0. The van der Waals surface area contributed by atoms with E-state index in [1.165, 1.54) is 18.2 Å². The molecule has 0 aliphatic carbocycles. The second kappa shape index (κ2) is 5.48. The Morgan fingerprint density at radius 2 is 1.86 bits per heavy atom. The van der Waals surface area contributed by atoms with Gasteiger partial charge in [0, 0.05) is 17.3 Å². The van der Waals surface area contributed by atoms with Gasteiger partial charge in [-0.25, -0.2) is 8.78 Å². The monoisotopic (exact) mass is 285 g/mol. The van der Waals surface area contributed by atoms with Crippen LogP contribution in [0.3, 0.4) is 0 Å². The Kier molecular flexibility index (Phi) is 3.52. The van der Waals surface area contributed by atoms with Crippen molar-refractivity contribution in [1.82, 2.24) is 4.98 Å². The number of ketones is 1. The van der Waals surface area contributed by atoms with E-state index in [0.717, 1.165) is 0 Å². The van der Waals surface area contributed by atoms with Crippen LogP contribution in [-0.4, -0.2) is 10.8 Å². The molecule has 106 valence electrons. The van der Waals surface area contributed by atoms with Gasteiger partial charge >= 0.3 is 0 Å².